The van der Waals surface area contributed by atoms with Crippen LogP contribution in [-0.4, -0.2) is 4.21 Å². The summed E-state index contributed by atoms with van der Waals surface area (Å²) in [7, 11) is -0.986. The molecule has 0 aromatic carbocycles. The molecule has 0 saturated carbocycles. The number of hydrogen-bond donors (Lipinski definition) is 0. The largest absolute Gasteiger partial charge is 2.00 e. The smallest absolute Gasteiger partial charge is 0.235 e. The van der Waals surface area contributed by atoms with Gasteiger partial charge in [0.05, 0.1) is 0 Å². The summed E-state index contributed by atoms with van der Waals surface area (Å²) in [6.07, 6.45) is 0. The predicted molar refractivity (Wildman–Crippen MR) is 26.0 cm³/mol. The molecule has 0 bridgehead atoms. The number of rotatable bonds is 0. The van der Waals surface area contributed by atoms with Crippen molar-refractivity contribution in [1.82, 2.24) is 0 Å². The van der Waals surface area contributed by atoms with Crippen LogP contribution in [0.5, 0.6) is 0 Å². The second-order valence-electron chi connectivity index (χ2n) is 0.184. The van der Waals surface area contributed by atoms with E-state index in [9.17, 15) is 4.21 Å². The maximum Gasteiger partial charge on any atom is 2.00 e. The van der Waals surface area contributed by atoms with Gasteiger partial charge in [-0.3, -0.25) is 0 Å². The van der Waals surface area contributed by atoms with Gasteiger partial charge in [-0.2, -0.15) is 0 Å². The van der Waals surface area contributed by atoms with Crippen LogP contribution in [0.2, 0.25) is 0 Å². The van der Waals surface area contributed by atoms with Crippen molar-refractivity contribution in [2.75, 3.05) is 0 Å². The molecular formula is Br2NiOS+2. The summed E-state index contributed by atoms with van der Waals surface area (Å²) in [4.78, 5) is 0. The maximum atomic E-state index is 9.39. The first-order valence-electron chi connectivity index (χ1n) is 0.475. The maximum absolute atomic E-state index is 9.39. The van der Waals surface area contributed by atoms with E-state index in [0.29, 0.717) is 0 Å². The molecule has 5 heavy (non-hydrogen) atoms. The Morgan fingerprint density at radius 2 is 1.40 bits per heavy atom. The first kappa shape index (κ1) is 9.78. The topological polar surface area (TPSA) is 17.1 Å². The molecule has 0 atom stereocenters. The van der Waals surface area contributed by atoms with Crippen LogP contribution in [0.3, 0.4) is 0 Å². The molecule has 0 amide bonds. The standard InChI is InChI=1S/Br2OS.Ni/c1-4(2)3;/q;+2. The average Bonchev–Trinajstić information content (AvgIpc) is 0.811. The third-order valence-corrected chi connectivity index (χ3v) is 0. The third kappa shape index (κ3) is 28.3. The van der Waals surface area contributed by atoms with Gasteiger partial charge in [0.1, 0.15) is 0 Å². The van der Waals surface area contributed by atoms with E-state index in [0.717, 1.165) is 0 Å². The fourth-order valence-electron chi connectivity index (χ4n) is 0. The van der Waals surface area contributed by atoms with E-state index in [2.05, 4.69) is 29.6 Å². The van der Waals surface area contributed by atoms with Gasteiger partial charge in [-0.05, 0) is 0 Å². The molecule has 0 spiro atoms. The Morgan fingerprint density at radius 3 is 1.40 bits per heavy atom. The molecule has 1 nitrogen and oxygen atoms in total. The predicted octanol–water partition coefficient (Wildman–Crippen LogP) is 1.35. The van der Waals surface area contributed by atoms with Gasteiger partial charge in [-0.25, -0.2) is 4.21 Å². The summed E-state index contributed by atoms with van der Waals surface area (Å²) in [5, 5.41) is 0. The van der Waals surface area contributed by atoms with Crippen LogP contribution in [0, 0.1) is 0 Å². The summed E-state index contributed by atoms with van der Waals surface area (Å²) in [5.41, 5.74) is 0. The Balaban J connectivity index is 0. The average molecular weight is 267 g/mol. The van der Waals surface area contributed by atoms with Gasteiger partial charge in [0.15, 0.2) is 7.67 Å². The number of halogens is 2. The second kappa shape index (κ2) is 5.60. The fraction of sp³-hybridized carbons (Fsp3) is 0. The van der Waals surface area contributed by atoms with E-state index in [1.165, 1.54) is 0 Å². The van der Waals surface area contributed by atoms with Crippen molar-refractivity contribution in [3.8, 4) is 0 Å². The molecule has 0 radical (unpaired) electrons. The minimum Gasteiger partial charge on any atom is -0.235 e. The Labute approximate surface area is 57.7 Å². The van der Waals surface area contributed by atoms with Crippen LogP contribution < -0.4 is 0 Å². The van der Waals surface area contributed by atoms with Gasteiger partial charge >= 0.3 is 16.5 Å². The zero-order valence-electron chi connectivity index (χ0n) is 1.89. The van der Waals surface area contributed by atoms with Crippen molar-refractivity contribution in [3.63, 3.8) is 0 Å². The van der Waals surface area contributed by atoms with Crippen LogP contribution in [0.1, 0.15) is 0 Å². The van der Waals surface area contributed by atoms with Gasteiger partial charge in [-0.1, -0.05) is 0 Å². The van der Waals surface area contributed by atoms with Crippen molar-refractivity contribution in [2.24, 2.45) is 0 Å². The quantitative estimate of drug-likeness (QED) is 0.478. The van der Waals surface area contributed by atoms with Gasteiger partial charge < -0.3 is 0 Å². The monoisotopic (exact) mass is 264 g/mol. The second-order valence-corrected chi connectivity index (χ2v) is 6.69. The fourth-order valence-corrected chi connectivity index (χ4v) is 0. The molecule has 0 unspecified atom stereocenters. The van der Waals surface area contributed by atoms with Gasteiger partial charge in [0.2, 0.25) is 0 Å². The molecule has 0 aromatic rings. The van der Waals surface area contributed by atoms with E-state index < -0.39 is 7.67 Å². The van der Waals surface area contributed by atoms with Crippen LogP contribution >= 0.6 is 29.6 Å². The van der Waals surface area contributed by atoms with E-state index in [1.807, 2.05) is 0 Å². The Kier molecular flexibility index (Phi) is 11.0. The SMILES string of the molecule is O=S(Br)Br.[Ni+2]. The zero-order valence-corrected chi connectivity index (χ0v) is 6.86. The molecule has 0 aromatic heterocycles. The van der Waals surface area contributed by atoms with Crippen LogP contribution in [0.15, 0.2) is 0 Å². The summed E-state index contributed by atoms with van der Waals surface area (Å²) in [5.74, 6) is 0. The molecular weight excluding hydrogens is 267 g/mol. The Hall–Kier alpha value is 1.60. The van der Waals surface area contributed by atoms with Crippen LogP contribution in [0.25, 0.3) is 0 Å². The molecule has 5 heteroatoms. The third-order valence-electron chi connectivity index (χ3n) is 0. The molecule has 0 aliphatic carbocycles. The molecule has 0 saturated heterocycles. The molecule has 0 fully saturated rings. The normalized spacial score (nSPS) is 7.00. The summed E-state index contributed by atoms with van der Waals surface area (Å²) >= 11 is 5.32. The first-order valence-corrected chi connectivity index (χ1v) is 5.31. The van der Waals surface area contributed by atoms with E-state index >= 15 is 0 Å². The Morgan fingerprint density at radius 1 is 1.40 bits per heavy atom. The molecule has 0 heterocycles. The zero-order chi connectivity index (χ0) is 3.58. The minimum absolute atomic E-state index is 0. The van der Waals surface area contributed by atoms with Gasteiger partial charge in [0, 0.05) is 29.6 Å². The summed E-state index contributed by atoms with van der Waals surface area (Å²) in [6.45, 7) is 0. The molecule has 0 rings (SSSR count). The van der Waals surface area contributed by atoms with Gasteiger partial charge in [0.25, 0.3) is 0 Å². The van der Waals surface area contributed by atoms with Crippen molar-refractivity contribution >= 4 is 37.3 Å². The molecule has 0 aliphatic rings. The van der Waals surface area contributed by atoms with E-state index in [4.69, 9.17) is 0 Å². The first-order chi connectivity index (χ1) is 1.73. The van der Waals surface area contributed by atoms with E-state index in [1.54, 1.807) is 0 Å². The van der Waals surface area contributed by atoms with Crippen LogP contribution in [-0.2, 0) is 24.2 Å². The van der Waals surface area contributed by atoms with Crippen molar-refractivity contribution in [2.45, 2.75) is 0 Å². The summed E-state index contributed by atoms with van der Waals surface area (Å²) < 4.78 is 9.39. The molecule has 34 valence electrons. The van der Waals surface area contributed by atoms with Crippen molar-refractivity contribution in [1.29, 1.82) is 0 Å². The van der Waals surface area contributed by atoms with Crippen molar-refractivity contribution in [3.05, 3.63) is 0 Å². The summed E-state index contributed by atoms with van der Waals surface area (Å²) in [6, 6.07) is 0. The van der Waals surface area contributed by atoms with Crippen LogP contribution in [0.4, 0.5) is 0 Å². The molecule has 0 N–H and O–H groups in total. The number of hydrogen-bond acceptors (Lipinski definition) is 1. The Bertz CT molecular complexity index is 32.6. The van der Waals surface area contributed by atoms with Gasteiger partial charge in [-0.15, -0.1) is 0 Å². The van der Waals surface area contributed by atoms with Crippen molar-refractivity contribution < 1.29 is 20.7 Å². The minimum atomic E-state index is -0.986. The van der Waals surface area contributed by atoms with E-state index in [-0.39, 0.29) is 16.5 Å². The molecule has 0 aliphatic heterocycles.